The van der Waals surface area contributed by atoms with Crippen LogP contribution in [0.2, 0.25) is 18.1 Å². The number of benzene rings is 5. The SMILES string of the molecule is COc1ccc(C2=CN3C(=O)c4cc(OC)c(OCCCOc5cc6c(cc5OC)C(=O)N5C=C(c7ccc(OCCOCCCOCCCOCCCOCCCOCCN8C(=O)c9ccccc9C8=O)cc7)CC5[C@@H](O[Si](C)(C)C(C)(C)C)N6C(=O)OCC(Cl)(Cl)Cl)cc4N(C(=O)OCC(Cl)(Cl)Cl)[C@H](C)C3C2)cc1. The molecule has 0 aliphatic carbocycles. The predicted octanol–water partition coefficient (Wildman–Crippen LogP) is 15.8. The lowest BCUT2D eigenvalue weighted by atomic mass is 9.98. The summed E-state index contributed by atoms with van der Waals surface area (Å²) in [6.07, 6.45) is 4.38. The highest BCUT2D eigenvalue weighted by Gasteiger charge is 2.52. The smallest absolute Gasteiger partial charge is 0.416 e. The van der Waals surface area contributed by atoms with Gasteiger partial charge < -0.3 is 75.8 Å². The number of fused-ring (bicyclic) bond motifs is 5. The summed E-state index contributed by atoms with van der Waals surface area (Å²) >= 11 is 36.9. The summed E-state index contributed by atoms with van der Waals surface area (Å²) in [7, 11) is 1.57. The molecule has 0 radical (unpaired) electrons. The number of anilines is 2. The fourth-order valence-electron chi connectivity index (χ4n) is 13.0. The molecule has 5 heterocycles. The molecule has 0 aromatic heterocycles. The van der Waals surface area contributed by atoms with Crippen molar-refractivity contribution in [3.8, 4) is 34.5 Å². The third-order valence-electron chi connectivity index (χ3n) is 19.7. The van der Waals surface area contributed by atoms with E-state index in [9.17, 15) is 24.0 Å². The molecule has 0 N–H and O–H groups in total. The zero-order valence-corrected chi connectivity index (χ0v) is 69.2. The first-order valence-electron chi connectivity index (χ1n) is 36.7. The standard InChI is InChI=1S/C79H95Cl6N5O20Si/c1-51-62-41-54(52-19-23-56(97-5)24-20-52)47-87(62)72(93)60-43-66(98-6)68(45-63(60)89(51)75(95)108-49-78(80,81)82)106-36-16-37-107-69-46-64-61(44-67(69)99-7)73(94)88-48-55(42-65(88)74(110-111(8,9)77(2,3)4)90(64)76(96)109-50-79(83,84)85)53-21-25-57(26-22-53)105-40-39-104-35-15-33-102-31-13-29-100-28-12-30-101-32-14-34-103-38-27-86-70(91)58-17-10-11-18-59(58)71(86)92/h10-11,17-26,43-48,51,62,65,74H,12-16,27-42,49-50H2,1-9H3/t51-,62?,65?,74-/m1/s1. The van der Waals surface area contributed by atoms with Crippen LogP contribution in [0, 0.1) is 0 Å². The second kappa shape index (κ2) is 39.2. The molecule has 5 aromatic carbocycles. The lowest BCUT2D eigenvalue weighted by Crippen LogP contribution is -2.58. The molecular formula is C79H95Cl6N5O20Si. The number of halogens is 6. The Balaban J connectivity index is 0.723. The van der Waals surface area contributed by atoms with Gasteiger partial charge >= 0.3 is 12.2 Å². The lowest BCUT2D eigenvalue weighted by molar-refractivity contribution is 0.0427. The molecular weight excluding hydrogens is 1580 g/mol. The van der Waals surface area contributed by atoms with Gasteiger partial charge in [0, 0.05) is 83.8 Å². The Labute approximate surface area is 678 Å². The average molecular weight is 1680 g/mol. The molecule has 4 atom stereocenters. The minimum absolute atomic E-state index is 0.00551. The maximum Gasteiger partial charge on any atom is 0.416 e. The van der Waals surface area contributed by atoms with E-state index in [2.05, 4.69) is 20.8 Å². The first-order chi connectivity index (χ1) is 53.0. The maximum absolute atomic E-state index is 15.4. The van der Waals surface area contributed by atoms with E-state index in [0.29, 0.717) is 108 Å². The number of ether oxygens (including phenoxy) is 13. The van der Waals surface area contributed by atoms with Crippen molar-refractivity contribution in [2.24, 2.45) is 0 Å². The largest absolute Gasteiger partial charge is 0.497 e. The van der Waals surface area contributed by atoms with Crippen LogP contribution in [-0.4, -0.2) is 218 Å². The van der Waals surface area contributed by atoms with Gasteiger partial charge in [-0.05, 0) is 134 Å². The normalized spacial score (nSPS) is 17.7. The Kier molecular flexibility index (Phi) is 30.4. The molecule has 10 rings (SSSR count). The minimum Gasteiger partial charge on any atom is -0.497 e. The molecule has 0 spiro atoms. The molecule has 32 heteroatoms. The predicted molar refractivity (Wildman–Crippen MR) is 426 cm³/mol. The summed E-state index contributed by atoms with van der Waals surface area (Å²) in [5.74, 6) is 0.541. The van der Waals surface area contributed by atoms with E-state index in [4.69, 9.17) is 136 Å². The van der Waals surface area contributed by atoms with Gasteiger partial charge in [0.25, 0.3) is 23.6 Å². The van der Waals surface area contributed by atoms with Crippen LogP contribution < -0.4 is 38.2 Å². The third kappa shape index (κ3) is 22.2. The van der Waals surface area contributed by atoms with E-state index in [1.807, 2.05) is 61.6 Å². The van der Waals surface area contributed by atoms with Crippen LogP contribution in [0.5, 0.6) is 34.5 Å². The van der Waals surface area contributed by atoms with Crippen molar-refractivity contribution in [1.29, 1.82) is 0 Å². The second-order valence-electron chi connectivity index (χ2n) is 28.3. The van der Waals surface area contributed by atoms with Crippen molar-refractivity contribution in [1.82, 2.24) is 14.7 Å². The minimum atomic E-state index is -2.86. The molecule has 602 valence electrons. The zero-order valence-electron chi connectivity index (χ0n) is 63.6. The summed E-state index contributed by atoms with van der Waals surface area (Å²) in [5, 5.41) is -0.392. The number of rotatable bonds is 38. The van der Waals surface area contributed by atoms with E-state index in [-0.39, 0.29) is 96.5 Å². The van der Waals surface area contributed by atoms with E-state index in [1.54, 1.807) is 60.5 Å². The Morgan fingerprint density at radius 3 is 1.32 bits per heavy atom. The molecule has 25 nitrogen and oxygen atoms in total. The van der Waals surface area contributed by atoms with E-state index in [1.165, 1.54) is 53.2 Å². The van der Waals surface area contributed by atoms with Gasteiger partial charge in [0.15, 0.2) is 37.5 Å². The molecule has 5 aliphatic heterocycles. The summed E-state index contributed by atoms with van der Waals surface area (Å²) in [6.45, 7) is 16.4. The highest BCUT2D eigenvalue weighted by Crippen LogP contribution is 2.49. The van der Waals surface area contributed by atoms with Crippen LogP contribution in [0.15, 0.2) is 109 Å². The highest BCUT2D eigenvalue weighted by molar-refractivity contribution is 6.74. The number of methoxy groups -OCH3 is 3. The number of hydrogen-bond donors (Lipinski definition) is 0. The monoisotopic (exact) mass is 1670 g/mol. The fourth-order valence-corrected chi connectivity index (χ4v) is 14.5. The van der Waals surface area contributed by atoms with E-state index < -0.39 is 82.5 Å². The summed E-state index contributed by atoms with van der Waals surface area (Å²) in [6, 6.07) is 25.9. The Morgan fingerprint density at radius 1 is 0.459 bits per heavy atom. The van der Waals surface area contributed by atoms with Gasteiger partial charge in [-0.25, -0.2) is 14.5 Å². The van der Waals surface area contributed by atoms with Crippen LogP contribution in [-0.2, 0) is 37.6 Å². The van der Waals surface area contributed by atoms with E-state index in [0.717, 1.165) is 35.1 Å². The molecule has 2 unspecified atom stereocenters. The Hall–Kier alpha value is -7.28. The van der Waals surface area contributed by atoms with Crippen molar-refractivity contribution in [2.45, 2.75) is 123 Å². The van der Waals surface area contributed by atoms with Crippen molar-refractivity contribution in [3.05, 3.63) is 143 Å². The number of carbonyl (C=O) groups is 6. The molecule has 111 heavy (non-hydrogen) atoms. The molecule has 6 amide bonds. The van der Waals surface area contributed by atoms with Gasteiger partial charge in [-0.15, -0.1) is 0 Å². The Bertz CT molecular complexity index is 4100. The van der Waals surface area contributed by atoms with Gasteiger partial charge in [-0.1, -0.05) is 127 Å². The second-order valence-corrected chi connectivity index (χ2v) is 38.1. The summed E-state index contributed by atoms with van der Waals surface area (Å²) in [4.78, 5) is 91.4. The lowest BCUT2D eigenvalue weighted by Gasteiger charge is -2.44. The molecule has 0 bridgehead atoms. The Morgan fingerprint density at radius 2 is 0.874 bits per heavy atom. The highest BCUT2D eigenvalue weighted by atomic mass is 35.6. The van der Waals surface area contributed by atoms with Crippen molar-refractivity contribution >= 4 is 136 Å². The number of alkyl halides is 6. The van der Waals surface area contributed by atoms with Crippen LogP contribution in [0.3, 0.4) is 0 Å². The first kappa shape index (κ1) is 86.1. The maximum atomic E-state index is 15.4. The van der Waals surface area contributed by atoms with Gasteiger partial charge in [-0.3, -0.25) is 29.0 Å². The van der Waals surface area contributed by atoms with Crippen molar-refractivity contribution in [2.75, 3.05) is 137 Å². The molecule has 0 fully saturated rings. The number of imide groups is 1. The van der Waals surface area contributed by atoms with Crippen molar-refractivity contribution < 1.29 is 94.8 Å². The third-order valence-corrected chi connectivity index (χ3v) is 24.8. The molecule has 5 aliphatic rings. The average Bonchev–Trinajstić information content (AvgIpc) is 1.61. The van der Waals surface area contributed by atoms with E-state index >= 15 is 4.79 Å². The number of carbonyl (C=O) groups excluding carboxylic acids is 6. The fraction of sp³-hybridized carbons (Fsp3) is 0.494. The van der Waals surface area contributed by atoms with Crippen LogP contribution >= 0.6 is 69.6 Å². The molecule has 0 saturated heterocycles. The molecule has 5 aromatic rings. The van der Waals surface area contributed by atoms with Gasteiger partial charge in [-0.2, -0.15) is 0 Å². The van der Waals surface area contributed by atoms with Crippen LogP contribution in [0.25, 0.3) is 11.1 Å². The number of nitrogens with zero attached hydrogens (tertiary/aromatic N) is 5. The summed E-state index contributed by atoms with van der Waals surface area (Å²) < 4.78 is 79.4. The van der Waals surface area contributed by atoms with Crippen molar-refractivity contribution in [3.63, 3.8) is 0 Å². The zero-order chi connectivity index (χ0) is 79.8. The summed E-state index contributed by atoms with van der Waals surface area (Å²) in [5.41, 5.74) is 4.62. The molecule has 0 saturated carbocycles. The van der Waals surface area contributed by atoms with Crippen LogP contribution in [0.4, 0.5) is 21.0 Å². The number of amides is 6. The quantitative estimate of drug-likeness (QED) is 0.0154. The first-order valence-corrected chi connectivity index (χ1v) is 41.9. The van der Waals surface area contributed by atoms with Crippen LogP contribution in [0.1, 0.15) is 125 Å². The van der Waals surface area contributed by atoms with Gasteiger partial charge in [0.05, 0.1) is 106 Å². The van der Waals surface area contributed by atoms with Gasteiger partial charge in [0.1, 0.15) is 31.3 Å². The topological polar surface area (TPSA) is 248 Å². The number of hydrogen-bond acceptors (Lipinski definition) is 20. The van der Waals surface area contributed by atoms with Gasteiger partial charge in [0.2, 0.25) is 7.59 Å².